The van der Waals surface area contributed by atoms with E-state index in [1.165, 1.54) is 7.11 Å². The molecule has 0 unspecified atom stereocenters. The van der Waals surface area contributed by atoms with Crippen molar-refractivity contribution in [2.45, 2.75) is 12.5 Å². The number of rotatable bonds is 9. The number of aliphatic carboxylic acids is 1. The number of hydrogen-bond acceptors (Lipinski definition) is 4. The minimum atomic E-state index is -1.08. The summed E-state index contributed by atoms with van der Waals surface area (Å²) in [5.41, 5.74) is 0.849. The zero-order chi connectivity index (χ0) is 17.4. The molecule has 6 nitrogen and oxygen atoms in total. The fourth-order valence-corrected chi connectivity index (χ4v) is 2.34. The van der Waals surface area contributed by atoms with E-state index in [9.17, 15) is 14.7 Å². The van der Waals surface area contributed by atoms with E-state index in [1.807, 2.05) is 42.5 Å². The van der Waals surface area contributed by atoms with Gasteiger partial charge in [0.15, 0.2) is 0 Å². The Morgan fingerprint density at radius 2 is 1.88 bits per heavy atom. The summed E-state index contributed by atoms with van der Waals surface area (Å²) in [5, 5.41) is 13.9. The Morgan fingerprint density at radius 3 is 2.58 bits per heavy atom. The monoisotopic (exact) mass is 331 g/mol. The van der Waals surface area contributed by atoms with Crippen molar-refractivity contribution < 1.29 is 24.2 Å². The summed E-state index contributed by atoms with van der Waals surface area (Å²) in [4.78, 5) is 23.2. The normalized spacial score (nSPS) is 12.0. The molecule has 0 radical (unpaired) electrons. The lowest BCUT2D eigenvalue weighted by Gasteiger charge is -2.15. The minimum absolute atomic E-state index is 0.190. The van der Waals surface area contributed by atoms with E-state index >= 15 is 0 Å². The van der Waals surface area contributed by atoms with Gasteiger partial charge in [0, 0.05) is 13.5 Å². The number of carboxylic acids is 1. The molecule has 0 aromatic heterocycles. The minimum Gasteiger partial charge on any atom is -0.480 e. The Labute approximate surface area is 140 Å². The van der Waals surface area contributed by atoms with Crippen LogP contribution in [0.3, 0.4) is 0 Å². The van der Waals surface area contributed by atoms with E-state index in [0.717, 1.165) is 16.3 Å². The maximum Gasteiger partial charge on any atom is 0.326 e. The maximum atomic E-state index is 11.8. The average Bonchev–Trinajstić information content (AvgIpc) is 2.58. The van der Waals surface area contributed by atoms with E-state index in [-0.39, 0.29) is 19.6 Å². The molecular formula is C18H21NO5. The molecule has 0 aliphatic rings. The predicted octanol–water partition coefficient (Wildman–Crippen LogP) is 1.61. The van der Waals surface area contributed by atoms with E-state index in [4.69, 9.17) is 9.47 Å². The van der Waals surface area contributed by atoms with Gasteiger partial charge in [0.2, 0.25) is 5.91 Å². The van der Waals surface area contributed by atoms with Crippen molar-refractivity contribution >= 4 is 22.6 Å². The molecule has 128 valence electrons. The summed E-state index contributed by atoms with van der Waals surface area (Å²) in [5.74, 6) is -1.53. The van der Waals surface area contributed by atoms with Gasteiger partial charge in [-0.15, -0.1) is 0 Å². The molecule has 2 aromatic rings. The quantitative estimate of drug-likeness (QED) is 0.682. The van der Waals surface area contributed by atoms with Crippen LogP contribution in [0.2, 0.25) is 0 Å². The largest absolute Gasteiger partial charge is 0.480 e. The molecule has 0 fully saturated rings. The highest BCUT2D eigenvalue weighted by molar-refractivity contribution is 5.85. The first kappa shape index (κ1) is 17.9. The van der Waals surface area contributed by atoms with Crippen LogP contribution in [0.5, 0.6) is 0 Å². The third kappa shape index (κ3) is 5.33. The van der Waals surface area contributed by atoms with Gasteiger partial charge in [-0.1, -0.05) is 42.5 Å². The second-order valence-electron chi connectivity index (χ2n) is 5.39. The van der Waals surface area contributed by atoms with Crippen LogP contribution in [-0.4, -0.2) is 50.0 Å². The average molecular weight is 331 g/mol. The molecule has 0 saturated heterocycles. The first-order chi connectivity index (χ1) is 11.6. The maximum absolute atomic E-state index is 11.8. The molecular weight excluding hydrogens is 310 g/mol. The Bertz CT molecular complexity index is 701. The van der Waals surface area contributed by atoms with Crippen molar-refractivity contribution in [3.63, 3.8) is 0 Å². The zero-order valence-corrected chi connectivity index (χ0v) is 13.5. The first-order valence-electron chi connectivity index (χ1n) is 7.66. The molecule has 0 heterocycles. The smallest absolute Gasteiger partial charge is 0.326 e. The number of ether oxygens (including phenoxy) is 2. The van der Waals surface area contributed by atoms with Crippen LogP contribution in [0.25, 0.3) is 10.8 Å². The molecule has 1 amide bonds. The molecule has 1 atom stereocenters. The van der Waals surface area contributed by atoms with Crippen LogP contribution in [0.1, 0.15) is 5.56 Å². The molecule has 2 N–H and O–H groups in total. The topological polar surface area (TPSA) is 84.9 Å². The van der Waals surface area contributed by atoms with Gasteiger partial charge in [-0.25, -0.2) is 4.79 Å². The lowest BCUT2D eigenvalue weighted by Crippen LogP contribution is -2.44. The molecule has 2 aromatic carbocycles. The van der Waals surface area contributed by atoms with Crippen LogP contribution in [0, 0.1) is 0 Å². The lowest BCUT2D eigenvalue weighted by atomic mass is 10.0. The van der Waals surface area contributed by atoms with Gasteiger partial charge in [-0.05, 0) is 16.3 Å². The predicted molar refractivity (Wildman–Crippen MR) is 89.9 cm³/mol. The van der Waals surface area contributed by atoms with Crippen LogP contribution >= 0.6 is 0 Å². The summed E-state index contributed by atoms with van der Waals surface area (Å²) in [6, 6.07) is 12.6. The molecule has 6 heteroatoms. The Morgan fingerprint density at radius 1 is 1.12 bits per heavy atom. The summed E-state index contributed by atoms with van der Waals surface area (Å²) < 4.78 is 9.90. The fraction of sp³-hybridized carbons (Fsp3) is 0.333. The summed E-state index contributed by atoms with van der Waals surface area (Å²) in [7, 11) is 1.54. The van der Waals surface area contributed by atoms with Gasteiger partial charge in [-0.3, -0.25) is 4.79 Å². The highest BCUT2D eigenvalue weighted by atomic mass is 16.5. The van der Waals surface area contributed by atoms with E-state index < -0.39 is 17.9 Å². The molecule has 2 rings (SSSR count). The number of benzene rings is 2. The second kappa shape index (κ2) is 9.00. The number of nitrogens with one attached hydrogen (secondary N) is 1. The van der Waals surface area contributed by atoms with E-state index in [2.05, 4.69) is 5.32 Å². The van der Waals surface area contributed by atoms with Crippen LogP contribution in [0.4, 0.5) is 0 Å². The standard InChI is InChI=1S/C18H21NO5/c1-23-8-9-24-12-17(20)19-16(18(21)22)11-13-6-7-14-4-2-3-5-15(14)10-13/h2-7,10,16H,8-9,11-12H2,1H3,(H,19,20)(H,21,22)/t16-/m1/s1. The van der Waals surface area contributed by atoms with Crippen LogP contribution in [-0.2, 0) is 25.5 Å². The Kier molecular flexibility index (Phi) is 6.72. The molecule has 0 spiro atoms. The second-order valence-corrected chi connectivity index (χ2v) is 5.39. The summed E-state index contributed by atoms with van der Waals surface area (Å²) in [6.45, 7) is 0.476. The number of carbonyl (C=O) groups excluding carboxylic acids is 1. The van der Waals surface area contributed by atoms with E-state index in [1.54, 1.807) is 0 Å². The van der Waals surface area contributed by atoms with Gasteiger partial charge in [0.1, 0.15) is 12.6 Å². The molecule has 0 saturated carbocycles. The van der Waals surface area contributed by atoms with Gasteiger partial charge >= 0.3 is 5.97 Å². The van der Waals surface area contributed by atoms with Crippen molar-refractivity contribution in [3.05, 3.63) is 48.0 Å². The van der Waals surface area contributed by atoms with Gasteiger partial charge < -0.3 is 19.9 Å². The van der Waals surface area contributed by atoms with Crippen LogP contribution < -0.4 is 5.32 Å². The van der Waals surface area contributed by atoms with Crippen molar-refractivity contribution in [1.82, 2.24) is 5.32 Å². The number of methoxy groups -OCH3 is 1. The summed E-state index contributed by atoms with van der Waals surface area (Å²) >= 11 is 0. The zero-order valence-electron chi connectivity index (χ0n) is 13.5. The van der Waals surface area contributed by atoms with Gasteiger partial charge in [0.05, 0.1) is 13.2 Å². The SMILES string of the molecule is COCCOCC(=O)N[C@H](Cc1ccc2ccccc2c1)C(=O)O. The van der Waals surface area contributed by atoms with Crippen molar-refractivity contribution in [2.24, 2.45) is 0 Å². The number of hydrogen-bond donors (Lipinski definition) is 2. The van der Waals surface area contributed by atoms with Crippen molar-refractivity contribution in [3.8, 4) is 0 Å². The first-order valence-corrected chi connectivity index (χ1v) is 7.66. The lowest BCUT2D eigenvalue weighted by molar-refractivity contribution is -0.142. The Balaban J connectivity index is 1.96. The van der Waals surface area contributed by atoms with Gasteiger partial charge in [0.25, 0.3) is 0 Å². The molecule has 0 aliphatic heterocycles. The fourth-order valence-electron chi connectivity index (χ4n) is 2.34. The Hall–Kier alpha value is -2.44. The van der Waals surface area contributed by atoms with Crippen LogP contribution in [0.15, 0.2) is 42.5 Å². The summed E-state index contributed by atoms with van der Waals surface area (Å²) in [6.07, 6.45) is 0.212. The number of carboxylic acid groups (broad SMARTS) is 1. The highest BCUT2D eigenvalue weighted by Gasteiger charge is 2.20. The van der Waals surface area contributed by atoms with E-state index in [0.29, 0.717) is 6.61 Å². The molecule has 24 heavy (non-hydrogen) atoms. The number of amides is 1. The van der Waals surface area contributed by atoms with Crippen molar-refractivity contribution in [2.75, 3.05) is 26.9 Å². The number of fused-ring (bicyclic) bond motifs is 1. The van der Waals surface area contributed by atoms with Gasteiger partial charge in [-0.2, -0.15) is 0 Å². The third-order valence-corrected chi connectivity index (χ3v) is 3.55. The molecule has 0 aliphatic carbocycles. The third-order valence-electron chi connectivity index (χ3n) is 3.55. The number of carbonyl (C=O) groups is 2. The highest BCUT2D eigenvalue weighted by Crippen LogP contribution is 2.16. The molecule has 0 bridgehead atoms. The van der Waals surface area contributed by atoms with Crippen molar-refractivity contribution in [1.29, 1.82) is 0 Å².